The second kappa shape index (κ2) is 4.93. The molecule has 0 saturated carbocycles. The molecular weight excluding hydrogens is 295 g/mol. The summed E-state index contributed by atoms with van der Waals surface area (Å²) in [6.07, 6.45) is -5.14. The highest BCUT2D eigenvalue weighted by molar-refractivity contribution is 5.81. The van der Waals surface area contributed by atoms with E-state index in [4.69, 9.17) is 5.11 Å². The van der Waals surface area contributed by atoms with E-state index in [0.717, 1.165) is 0 Å². The molecule has 1 rings (SSSR count). The number of esters is 1. The molecule has 1 aliphatic heterocycles. The molecule has 1 fully saturated rings. The van der Waals surface area contributed by atoms with Crippen LogP contribution in [0.25, 0.3) is 0 Å². The first-order valence-electron chi connectivity index (χ1n) is 5.15. The average molecular weight is 306 g/mol. The minimum absolute atomic E-state index is 0.558. The molecule has 10 heteroatoms. The van der Waals surface area contributed by atoms with Gasteiger partial charge in [0.1, 0.15) is 6.61 Å². The summed E-state index contributed by atoms with van der Waals surface area (Å²) in [4.78, 5) is 10.8. The first-order valence-corrected chi connectivity index (χ1v) is 5.15. The quantitative estimate of drug-likeness (QED) is 0.484. The molecule has 1 saturated heterocycles. The Balaban J connectivity index is 3.09. The lowest BCUT2D eigenvalue weighted by Gasteiger charge is -2.48. The van der Waals surface area contributed by atoms with Crippen molar-refractivity contribution in [1.29, 1.82) is 0 Å². The van der Waals surface area contributed by atoms with Crippen LogP contribution in [-0.4, -0.2) is 48.0 Å². The maximum absolute atomic E-state index is 13.9. The molecule has 0 aromatic heterocycles. The third-order valence-corrected chi connectivity index (χ3v) is 2.78. The Bertz CT molecular complexity index is 409. The molecule has 0 spiro atoms. The fourth-order valence-corrected chi connectivity index (χ4v) is 1.44. The fraction of sp³-hybridized carbons (Fsp3) is 0.700. The van der Waals surface area contributed by atoms with E-state index in [-0.39, 0.29) is 0 Å². The predicted octanol–water partition coefficient (Wildman–Crippen LogP) is 1.36. The van der Waals surface area contributed by atoms with Gasteiger partial charge in [-0.1, -0.05) is 6.58 Å². The number of carbonyl (C=O) groups excluding carboxylic acids is 1. The van der Waals surface area contributed by atoms with Crippen molar-refractivity contribution in [3.05, 3.63) is 12.7 Å². The first-order chi connectivity index (χ1) is 8.91. The van der Waals surface area contributed by atoms with E-state index < -0.39 is 42.9 Å². The summed E-state index contributed by atoms with van der Waals surface area (Å²) in [5.41, 5.74) is -2.92. The van der Waals surface area contributed by atoms with Crippen LogP contribution in [-0.2, 0) is 19.0 Å². The molecule has 1 aliphatic rings. The van der Waals surface area contributed by atoms with Gasteiger partial charge in [0.2, 0.25) is 0 Å². The topological polar surface area (TPSA) is 65.0 Å². The van der Waals surface area contributed by atoms with Crippen LogP contribution in [0.2, 0.25) is 0 Å². The van der Waals surface area contributed by atoms with Gasteiger partial charge >= 0.3 is 23.9 Å². The number of carbonyl (C=O) groups is 1. The van der Waals surface area contributed by atoms with E-state index >= 15 is 0 Å². The zero-order chi connectivity index (χ0) is 15.8. The Hall–Kier alpha value is -1.26. The standard InChI is InChI=1S/C10H11F5O5/c1-3-6(16)18-4-7(2)8(11,12)9(17,10(13,14)15)20-5-19-7/h3,17H,1,4-5H2,2H3. The van der Waals surface area contributed by atoms with Gasteiger partial charge in [-0.05, 0) is 6.92 Å². The maximum atomic E-state index is 13.9. The lowest BCUT2D eigenvalue weighted by molar-refractivity contribution is -0.501. The second-order valence-electron chi connectivity index (χ2n) is 4.17. The molecule has 0 amide bonds. The molecule has 20 heavy (non-hydrogen) atoms. The van der Waals surface area contributed by atoms with E-state index in [1.54, 1.807) is 0 Å². The van der Waals surface area contributed by atoms with Crippen molar-refractivity contribution >= 4 is 5.97 Å². The summed E-state index contributed by atoms with van der Waals surface area (Å²) >= 11 is 0. The molecule has 1 N–H and O–H groups in total. The predicted molar refractivity (Wildman–Crippen MR) is 52.5 cm³/mol. The number of hydrogen-bond donors (Lipinski definition) is 1. The molecule has 0 aliphatic carbocycles. The Kier molecular flexibility index (Phi) is 4.14. The van der Waals surface area contributed by atoms with Crippen LogP contribution >= 0.6 is 0 Å². The molecule has 0 radical (unpaired) electrons. The van der Waals surface area contributed by atoms with Crippen molar-refractivity contribution < 1.29 is 46.1 Å². The third kappa shape index (κ3) is 2.38. The van der Waals surface area contributed by atoms with E-state index in [1.165, 1.54) is 0 Å². The smallest absolute Gasteiger partial charge is 0.449 e. The highest BCUT2D eigenvalue weighted by Gasteiger charge is 2.79. The lowest BCUT2D eigenvalue weighted by atomic mass is 9.89. The molecule has 2 unspecified atom stereocenters. The average Bonchev–Trinajstić information content (AvgIpc) is 2.32. The van der Waals surface area contributed by atoms with Crippen LogP contribution < -0.4 is 0 Å². The molecule has 2 atom stereocenters. The van der Waals surface area contributed by atoms with Gasteiger partial charge < -0.3 is 19.3 Å². The monoisotopic (exact) mass is 306 g/mol. The maximum Gasteiger partial charge on any atom is 0.449 e. The van der Waals surface area contributed by atoms with Crippen LogP contribution in [0.5, 0.6) is 0 Å². The molecule has 0 aromatic carbocycles. The zero-order valence-electron chi connectivity index (χ0n) is 10.2. The second-order valence-corrected chi connectivity index (χ2v) is 4.17. The van der Waals surface area contributed by atoms with Gasteiger partial charge in [0.25, 0.3) is 0 Å². The van der Waals surface area contributed by atoms with Crippen molar-refractivity contribution in [1.82, 2.24) is 0 Å². The van der Waals surface area contributed by atoms with E-state index in [1.807, 2.05) is 0 Å². The summed E-state index contributed by atoms with van der Waals surface area (Å²) in [5.74, 6) is -10.8. The summed E-state index contributed by atoms with van der Waals surface area (Å²) < 4.78 is 78.0. The Morgan fingerprint density at radius 2 is 2.00 bits per heavy atom. The largest absolute Gasteiger partial charge is 0.459 e. The zero-order valence-corrected chi connectivity index (χ0v) is 10.2. The number of ether oxygens (including phenoxy) is 3. The van der Waals surface area contributed by atoms with E-state index in [2.05, 4.69) is 20.8 Å². The van der Waals surface area contributed by atoms with Crippen LogP contribution in [0.4, 0.5) is 22.0 Å². The minimum atomic E-state index is -5.77. The molecule has 1 heterocycles. The van der Waals surface area contributed by atoms with Crippen LogP contribution in [0.1, 0.15) is 6.92 Å². The summed E-state index contributed by atoms with van der Waals surface area (Å²) in [6.45, 7) is 1.07. The summed E-state index contributed by atoms with van der Waals surface area (Å²) in [6, 6.07) is 0. The number of aliphatic hydroxyl groups is 1. The Morgan fingerprint density at radius 1 is 1.45 bits per heavy atom. The SMILES string of the molecule is C=CC(=O)OCC1(C)OCOC(O)(C(F)(F)F)C1(F)F. The van der Waals surface area contributed by atoms with Gasteiger partial charge in [-0.15, -0.1) is 0 Å². The number of halogens is 5. The highest BCUT2D eigenvalue weighted by atomic mass is 19.4. The van der Waals surface area contributed by atoms with Crippen LogP contribution in [0, 0.1) is 0 Å². The Morgan fingerprint density at radius 3 is 2.45 bits per heavy atom. The number of rotatable bonds is 3. The molecule has 0 aromatic rings. The van der Waals surface area contributed by atoms with Crippen molar-refractivity contribution in [2.45, 2.75) is 30.4 Å². The van der Waals surface area contributed by atoms with Crippen LogP contribution in [0.3, 0.4) is 0 Å². The van der Waals surface area contributed by atoms with Gasteiger partial charge in [-0.3, -0.25) is 0 Å². The van der Waals surface area contributed by atoms with Gasteiger partial charge in [0.05, 0.1) is 0 Å². The molecular formula is C10H11F5O5. The fourth-order valence-electron chi connectivity index (χ4n) is 1.44. The first kappa shape index (κ1) is 16.8. The summed E-state index contributed by atoms with van der Waals surface area (Å²) in [5, 5.41) is 9.16. The molecule has 0 bridgehead atoms. The minimum Gasteiger partial charge on any atom is -0.459 e. The van der Waals surface area contributed by atoms with Crippen molar-refractivity contribution in [2.75, 3.05) is 13.4 Å². The lowest BCUT2D eigenvalue weighted by Crippen LogP contribution is -2.73. The molecule has 5 nitrogen and oxygen atoms in total. The van der Waals surface area contributed by atoms with Crippen molar-refractivity contribution in [2.24, 2.45) is 0 Å². The van der Waals surface area contributed by atoms with E-state index in [9.17, 15) is 26.7 Å². The molecule has 116 valence electrons. The van der Waals surface area contributed by atoms with Gasteiger partial charge in [0, 0.05) is 6.08 Å². The number of hydrogen-bond acceptors (Lipinski definition) is 5. The van der Waals surface area contributed by atoms with Gasteiger partial charge in [0.15, 0.2) is 12.4 Å². The third-order valence-electron chi connectivity index (χ3n) is 2.78. The van der Waals surface area contributed by atoms with E-state index in [0.29, 0.717) is 13.0 Å². The van der Waals surface area contributed by atoms with Gasteiger partial charge in [-0.25, -0.2) is 4.79 Å². The van der Waals surface area contributed by atoms with Crippen molar-refractivity contribution in [3.8, 4) is 0 Å². The van der Waals surface area contributed by atoms with Crippen LogP contribution in [0.15, 0.2) is 12.7 Å². The van der Waals surface area contributed by atoms with Crippen molar-refractivity contribution in [3.63, 3.8) is 0 Å². The number of alkyl halides is 5. The summed E-state index contributed by atoms with van der Waals surface area (Å²) in [7, 11) is 0. The van der Waals surface area contributed by atoms with Gasteiger partial charge in [-0.2, -0.15) is 22.0 Å². The Labute approximate surface area is 109 Å². The highest BCUT2D eigenvalue weighted by Crippen LogP contribution is 2.51. The normalized spacial score (nSPS) is 33.5.